The summed E-state index contributed by atoms with van der Waals surface area (Å²) in [6.45, 7) is 0. The Kier molecular flexibility index (Phi) is 2.94. The number of carboxylic acid groups (broad SMARTS) is 1. The number of aryl methyl sites for hydroxylation is 2. The second kappa shape index (κ2) is 4.66. The standard InChI is InChI=1S/C15H15N3O3/c1-17-8-12(10-5-4-9(21-3)6-13(10)17)14-11(15(19)20)7-16-18(14)2/h4-8H,1-3H3,(H,19,20). The third kappa shape index (κ3) is 1.96. The molecule has 1 aromatic carbocycles. The number of methoxy groups -OCH3 is 1. The SMILES string of the molecule is COc1ccc2c(-c3c(C(=O)O)cnn3C)cn(C)c2c1. The molecule has 1 N–H and O–H groups in total. The van der Waals surface area contributed by atoms with Crippen LogP contribution in [0.15, 0.2) is 30.6 Å². The topological polar surface area (TPSA) is 69.3 Å². The number of ether oxygens (including phenoxy) is 1. The van der Waals surface area contributed by atoms with Crippen molar-refractivity contribution in [2.45, 2.75) is 0 Å². The molecular formula is C15H15N3O3. The molecule has 0 fully saturated rings. The van der Waals surface area contributed by atoms with Gasteiger partial charge in [0.2, 0.25) is 0 Å². The third-order valence-electron chi connectivity index (χ3n) is 3.62. The molecule has 21 heavy (non-hydrogen) atoms. The van der Waals surface area contributed by atoms with Crippen LogP contribution in [0.2, 0.25) is 0 Å². The highest BCUT2D eigenvalue weighted by Crippen LogP contribution is 2.33. The van der Waals surface area contributed by atoms with E-state index in [9.17, 15) is 9.90 Å². The van der Waals surface area contributed by atoms with Crippen molar-refractivity contribution in [3.8, 4) is 17.0 Å². The maximum Gasteiger partial charge on any atom is 0.339 e. The van der Waals surface area contributed by atoms with E-state index in [0.717, 1.165) is 22.2 Å². The summed E-state index contributed by atoms with van der Waals surface area (Å²) in [4.78, 5) is 11.4. The third-order valence-corrected chi connectivity index (χ3v) is 3.62. The van der Waals surface area contributed by atoms with Gasteiger partial charge in [-0.2, -0.15) is 5.10 Å². The van der Waals surface area contributed by atoms with E-state index < -0.39 is 5.97 Å². The van der Waals surface area contributed by atoms with Crippen molar-refractivity contribution in [2.24, 2.45) is 14.1 Å². The van der Waals surface area contributed by atoms with Crippen LogP contribution in [0.5, 0.6) is 5.75 Å². The molecule has 0 radical (unpaired) electrons. The van der Waals surface area contributed by atoms with Gasteiger partial charge in [0.15, 0.2) is 0 Å². The van der Waals surface area contributed by atoms with Gasteiger partial charge in [0.25, 0.3) is 0 Å². The first-order valence-electron chi connectivity index (χ1n) is 6.41. The van der Waals surface area contributed by atoms with Gasteiger partial charge >= 0.3 is 5.97 Å². The van der Waals surface area contributed by atoms with Gasteiger partial charge in [-0.1, -0.05) is 0 Å². The lowest BCUT2D eigenvalue weighted by atomic mass is 10.1. The molecule has 0 aliphatic carbocycles. The lowest BCUT2D eigenvalue weighted by Gasteiger charge is -2.04. The Morgan fingerprint density at radius 3 is 2.76 bits per heavy atom. The molecule has 6 nitrogen and oxygen atoms in total. The molecule has 0 aliphatic rings. The molecule has 3 aromatic rings. The van der Waals surface area contributed by atoms with Crippen molar-refractivity contribution >= 4 is 16.9 Å². The number of aromatic carboxylic acids is 1. The fourth-order valence-corrected chi connectivity index (χ4v) is 2.59. The second-order valence-electron chi connectivity index (χ2n) is 4.87. The molecule has 6 heteroatoms. The molecule has 3 rings (SSSR count). The average Bonchev–Trinajstić information content (AvgIpc) is 2.99. The van der Waals surface area contributed by atoms with Crippen LogP contribution in [-0.2, 0) is 14.1 Å². The van der Waals surface area contributed by atoms with E-state index in [-0.39, 0.29) is 5.56 Å². The average molecular weight is 285 g/mol. The largest absolute Gasteiger partial charge is 0.497 e. The fourth-order valence-electron chi connectivity index (χ4n) is 2.59. The van der Waals surface area contributed by atoms with Crippen LogP contribution < -0.4 is 4.74 Å². The minimum absolute atomic E-state index is 0.195. The summed E-state index contributed by atoms with van der Waals surface area (Å²) in [5.41, 5.74) is 2.61. The van der Waals surface area contributed by atoms with Crippen LogP contribution in [-0.4, -0.2) is 32.5 Å². The Labute approximate surface area is 121 Å². The minimum Gasteiger partial charge on any atom is -0.497 e. The van der Waals surface area contributed by atoms with Crippen LogP contribution in [0.25, 0.3) is 22.2 Å². The van der Waals surface area contributed by atoms with Crippen LogP contribution in [0.1, 0.15) is 10.4 Å². The zero-order valence-electron chi connectivity index (χ0n) is 12.0. The van der Waals surface area contributed by atoms with E-state index in [0.29, 0.717) is 5.69 Å². The van der Waals surface area contributed by atoms with E-state index in [1.54, 1.807) is 18.8 Å². The zero-order chi connectivity index (χ0) is 15.1. The van der Waals surface area contributed by atoms with Crippen LogP contribution in [0.4, 0.5) is 0 Å². The Morgan fingerprint density at radius 1 is 1.33 bits per heavy atom. The number of hydrogen-bond acceptors (Lipinski definition) is 3. The maximum atomic E-state index is 11.4. The summed E-state index contributed by atoms with van der Waals surface area (Å²) in [6.07, 6.45) is 3.29. The lowest BCUT2D eigenvalue weighted by Crippen LogP contribution is -2.00. The number of carbonyl (C=O) groups is 1. The van der Waals surface area contributed by atoms with Crippen molar-refractivity contribution in [2.75, 3.05) is 7.11 Å². The highest BCUT2D eigenvalue weighted by Gasteiger charge is 2.20. The zero-order valence-corrected chi connectivity index (χ0v) is 12.0. The number of fused-ring (bicyclic) bond motifs is 1. The number of nitrogens with zero attached hydrogens (tertiary/aromatic N) is 3. The number of aromatic nitrogens is 3. The molecule has 0 spiro atoms. The van der Waals surface area contributed by atoms with Gasteiger partial charge < -0.3 is 14.4 Å². The molecule has 0 amide bonds. The van der Waals surface area contributed by atoms with Gasteiger partial charge in [0.1, 0.15) is 11.3 Å². The first kappa shape index (κ1) is 13.2. The molecule has 2 heterocycles. The summed E-state index contributed by atoms with van der Waals surface area (Å²) in [5, 5.41) is 14.3. The summed E-state index contributed by atoms with van der Waals surface area (Å²) >= 11 is 0. The van der Waals surface area contributed by atoms with Gasteiger partial charge in [0.05, 0.1) is 24.5 Å². The highest BCUT2D eigenvalue weighted by molar-refractivity contribution is 6.02. The number of rotatable bonds is 3. The Morgan fingerprint density at radius 2 is 2.10 bits per heavy atom. The van der Waals surface area contributed by atoms with Gasteiger partial charge in [-0.15, -0.1) is 0 Å². The molecular weight excluding hydrogens is 270 g/mol. The molecule has 0 aliphatic heterocycles. The molecule has 0 bridgehead atoms. The van der Waals surface area contributed by atoms with Crippen molar-refractivity contribution in [3.63, 3.8) is 0 Å². The maximum absolute atomic E-state index is 11.4. The van der Waals surface area contributed by atoms with Crippen molar-refractivity contribution in [3.05, 3.63) is 36.2 Å². The van der Waals surface area contributed by atoms with E-state index >= 15 is 0 Å². The Balaban J connectivity index is 2.32. The second-order valence-corrected chi connectivity index (χ2v) is 4.87. The van der Waals surface area contributed by atoms with Crippen molar-refractivity contribution < 1.29 is 14.6 Å². The van der Waals surface area contributed by atoms with Gasteiger partial charge in [-0.05, 0) is 12.1 Å². The van der Waals surface area contributed by atoms with Gasteiger partial charge in [-0.25, -0.2) is 4.79 Å². The number of carboxylic acids is 1. The smallest absolute Gasteiger partial charge is 0.339 e. The Bertz CT molecular complexity index is 845. The first-order chi connectivity index (χ1) is 10.0. The molecule has 0 saturated carbocycles. The van der Waals surface area contributed by atoms with E-state index in [1.807, 2.05) is 36.0 Å². The molecule has 0 atom stereocenters. The fraction of sp³-hybridized carbons (Fsp3) is 0.200. The number of benzene rings is 1. The van der Waals surface area contributed by atoms with E-state index in [2.05, 4.69) is 5.10 Å². The van der Waals surface area contributed by atoms with Crippen LogP contribution in [0.3, 0.4) is 0 Å². The summed E-state index contributed by atoms with van der Waals surface area (Å²) in [7, 11) is 5.28. The quantitative estimate of drug-likeness (QED) is 0.801. The van der Waals surface area contributed by atoms with E-state index in [4.69, 9.17) is 4.74 Å². The van der Waals surface area contributed by atoms with Gasteiger partial charge in [0, 0.05) is 37.3 Å². The van der Waals surface area contributed by atoms with E-state index in [1.165, 1.54) is 6.20 Å². The van der Waals surface area contributed by atoms with Crippen LogP contribution >= 0.6 is 0 Å². The highest BCUT2D eigenvalue weighted by atomic mass is 16.5. The van der Waals surface area contributed by atoms with Gasteiger partial charge in [-0.3, -0.25) is 4.68 Å². The van der Waals surface area contributed by atoms with Crippen molar-refractivity contribution in [1.29, 1.82) is 0 Å². The summed E-state index contributed by atoms with van der Waals surface area (Å²) in [6, 6.07) is 5.72. The monoisotopic (exact) mass is 285 g/mol. The molecule has 0 unspecified atom stereocenters. The molecule has 108 valence electrons. The lowest BCUT2D eigenvalue weighted by molar-refractivity contribution is 0.0697. The summed E-state index contributed by atoms with van der Waals surface area (Å²) < 4.78 is 8.77. The van der Waals surface area contributed by atoms with Crippen LogP contribution in [0, 0.1) is 0 Å². The molecule has 0 saturated heterocycles. The summed E-state index contributed by atoms with van der Waals surface area (Å²) in [5.74, 6) is -0.220. The Hall–Kier alpha value is -2.76. The first-order valence-corrected chi connectivity index (χ1v) is 6.41. The minimum atomic E-state index is -0.983. The number of hydrogen-bond donors (Lipinski definition) is 1. The predicted octanol–water partition coefficient (Wildman–Crippen LogP) is 2.29. The van der Waals surface area contributed by atoms with Crippen molar-refractivity contribution in [1.82, 2.24) is 14.3 Å². The predicted molar refractivity (Wildman–Crippen MR) is 78.6 cm³/mol. The molecule has 2 aromatic heterocycles. The normalized spacial score (nSPS) is 11.0.